The highest BCUT2D eigenvalue weighted by atomic mass is 16.5. The van der Waals surface area contributed by atoms with Crippen LogP contribution < -0.4 is 0 Å². The van der Waals surface area contributed by atoms with Crippen LogP contribution in [0, 0.1) is 20.8 Å². The number of amides is 1. The zero-order valence-electron chi connectivity index (χ0n) is 17.1. The Bertz CT molecular complexity index is 889. The summed E-state index contributed by atoms with van der Waals surface area (Å²) in [6.07, 6.45) is 5.61. The number of carbonyl (C=O) groups excluding carboxylic acids is 2. The highest BCUT2D eigenvalue weighted by Crippen LogP contribution is 2.38. The smallest absolute Gasteiger partial charge is 0.331 e. The minimum atomic E-state index is -0.506. The Morgan fingerprint density at radius 2 is 1.86 bits per heavy atom. The zero-order chi connectivity index (χ0) is 20.3. The van der Waals surface area contributed by atoms with Crippen LogP contribution in [0.1, 0.15) is 47.0 Å². The van der Waals surface area contributed by atoms with Crippen molar-refractivity contribution in [3.05, 3.63) is 64.5 Å². The maximum absolute atomic E-state index is 12.2. The summed E-state index contributed by atoms with van der Waals surface area (Å²) < 4.78 is 7.44. The van der Waals surface area contributed by atoms with Gasteiger partial charge in [0.05, 0.1) is 0 Å². The van der Waals surface area contributed by atoms with Crippen molar-refractivity contribution >= 4 is 18.0 Å². The maximum atomic E-state index is 12.2. The molecule has 148 valence electrons. The van der Waals surface area contributed by atoms with E-state index in [4.69, 9.17) is 4.74 Å². The summed E-state index contributed by atoms with van der Waals surface area (Å²) in [5, 5.41) is 0. The molecule has 0 bridgehead atoms. The largest absolute Gasteiger partial charge is 0.452 e. The highest BCUT2D eigenvalue weighted by Gasteiger charge is 2.26. The van der Waals surface area contributed by atoms with Crippen LogP contribution in [0.5, 0.6) is 0 Å². The molecule has 1 amide bonds. The Morgan fingerprint density at radius 3 is 2.50 bits per heavy atom. The van der Waals surface area contributed by atoms with E-state index in [2.05, 4.69) is 24.5 Å². The normalized spacial score (nSPS) is 13.7. The van der Waals surface area contributed by atoms with E-state index in [1.165, 1.54) is 30.2 Å². The van der Waals surface area contributed by atoms with Crippen molar-refractivity contribution in [2.45, 2.75) is 46.2 Å². The van der Waals surface area contributed by atoms with Crippen LogP contribution in [0.3, 0.4) is 0 Å². The molecule has 0 aliphatic heterocycles. The first-order chi connectivity index (χ1) is 13.3. The van der Waals surface area contributed by atoms with E-state index in [1.807, 2.05) is 31.2 Å². The van der Waals surface area contributed by atoms with Gasteiger partial charge < -0.3 is 14.2 Å². The zero-order valence-corrected chi connectivity index (χ0v) is 17.1. The lowest BCUT2D eigenvalue weighted by Crippen LogP contribution is -2.30. The van der Waals surface area contributed by atoms with Crippen LogP contribution >= 0.6 is 0 Å². The summed E-state index contributed by atoms with van der Waals surface area (Å²) >= 11 is 0. The summed E-state index contributed by atoms with van der Waals surface area (Å²) in [4.78, 5) is 25.8. The van der Waals surface area contributed by atoms with Crippen molar-refractivity contribution in [3.63, 3.8) is 0 Å². The van der Waals surface area contributed by atoms with Gasteiger partial charge >= 0.3 is 5.97 Å². The van der Waals surface area contributed by atoms with E-state index in [-0.39, 0.29) is 12.5 Å². The monoisotopic (exact) mass is 380 g/mol. The van der Waals surface area contributed by atoms with Gasteiger partial charge in [-0.25, -0.2) is 4.79 Å². The molecule has 0 atom stereocenters. The molecule has 3 rings (SSSR count). The number of benzene rings is 1. The van der Waals surface area contributed by atoms with Gasteiger partial charge in [-0.3, -0.25) is 4.79 Å². The predicted octanol–water partition coefficient (Wildman–Crippen LogP) is 3.96. The molecule has 5 nitrogen and oxygen atoms in total. The second kappa shape index (κ2) is 8.46. The van der Waals surface area contributed by atoms with Crippen molar-refractivity contribution in [2.24, 2.45) is 0 Å². The van der Waals surface area contributed by atoms with Crippen LogP contribution in [0.15, 0.2) is 36.4 Å². The Labute approximate surface area is 166 Å². The lowest BCUT2D eigenvalue weighted by atomic mass is 10.1. The predicted molar refractivity (Wildman–Crippen MR) is 110 cm³/mol. The van der Waals surface area contributed by atoms with E-state index in [9.17, 15) is 9.59 Å². The molecular formula is C23H28N2O3. The van der Waals surface area contributed by atoms with Gasteiger partial charge in [0.1, 0.15) is 0 Å². The maximum Gasteiger partial charge on any atom is 0.331 e. The molecule has 1 aromatic heterocycles. The summed E-state index contributed by atoms with van der Waals surface area (Å²) in [6.45, 7) is 6.41. The third-order valence-electron chi connectivity index (χ3n) is 5.14. The second-order valence-electron chi connectivity index (χ2n) is 7.60. The quantitative estimate of drug-likeness (QED) is 0.540. The third-order valence-corrected chi connectivity index (χ3v) is 5.14. The lowest BCUT2D eigenvalue weighted by Gasteiger charge is -2.17. The van der Waals surface area contributed by atoms with Crippen LogP contribution in [-0.2, 0) is 20.9 Å². The van der Waals surface area contributed by atoms with Crippen molar-refractivity contribution < 1.29 is 14.3 Å². The molecule has 2 aromatic rings. The molecule has 0 N–H and O–H groups in total. The van der Waals surface area contributed by atoms with Crippen molar-refractivity contribution in [3.8, 4) is 0 Å². The SMILES string of the molecule is Cc1ccc(CN(C)C(=O)COC(=O)/C=C/c2cc(C)n(C3CC3)c2C)cc1. The Kier molecular flexibility index (Phi) is 6.02. The fraction of sp³-hybridized carbons (Fsp3) is 0.391. The molecule has 0 radical (unpaired) electrons. The van der Waals surface area contributed by atoms with Crippen molar-refractivity contribution in [2.75, 3.05) is 13.7 Å². The van der Waals surface area contributed by atoms with E-state index >= 15 is 0 Å². The summed E-state index contributed by atoms with van der Waals surface area (Å²) in [5.74, 6) is -0.734. The number of rotatable bonds is 7. The third kappa shape index (κ3) is 4.91. The molecule has 1 aromatic carbocycles. The molecule has 0 unspecified atom stereocenters. The molecule has 0 saturated heterocycles. The number of ether oxygens (including phenoxy) is 1. The Balaban J connectivity index is 1.49. The molecule has 1 aliphatic carbocycles. The van der Waals surface area contributed by atoms with Gasteiger partial charge in [-0.1, -0.05) is 29.8 Å². The summed E-state index contributed by atoms with van der Waals surface area (Å²) in [6, 6.07) is 10.7. The fourth-order valence-corrected chi connectivity index (χ4v) is 3.37. The number of aryl methyl sites for hydroxylation is 2. The van der Waals surface area contributed by atoms with Gasteiger partial charge in [-0.05, 0) is 56.9 Å². The average Bonchev–Trinajstić information content (AvgIpc) is 3.45. The van der Waals surface area contributed by atoms with E-state index < -0.39 is 5.97 Å². The number of carbonyl (C=O) groups is 2. The van der Waals surface area contributed by atoms with Crippen LogP contribution in [-0.4, -0.2) is 35.0 Å². The Hall–Kier alpha value is -2.82. The first-order valence-electron chi connectivity index (χ1n) is 9.68. The fourth-order valence-electron chi connectivity index (χ4n) is 3.37. The van der Waals surface area contributed by atoms with Crippen LogP contribution in [0.4, 0.5) is 0 Å². The van der Waals surface area contributed by atoms with E-state index in [0.29, 0.717) is 12.6 Å². The average molecular weight is 380 g/mol. The molecule has 28 heavy (non-hydrogen) atoms. The first kappa shape index (κ1) is 19.9. The van der Waals surface area contributed by atoms with E-state index in [0.717, 1.165) is 16.8 Å². The number of hydrogen-bond acceptors (Lipinski definition) is 3. The van der Waals surface area contributed by atoms with Gasteiger partial charge in [0.25, 0.3) is 5.91 Å². The van der Waals surface area contributed by atoms with Gasteiger partial charge in [0.15, 0.2) is 6.61 Å². The minimum absolute atomic E-state index is 0.228. The number of nitrogens with zero attached hydrogens (tertiary/aromatic N) is 2. The van der Waals surface area contributed by atoms with Gasteiger partial charge in [-0.15, -0.1) is 0 Å². The van der Waals surface area contributed by atoms with Crippen molar-refractivity contribution in [1.82, 2.24) is 9.47 Å². The van der Waals surface area contributed by atoms with Gasteiger partial charge in [0.2, 0.25) is 0 Å². The van der Waals surface area contributed by atoms with E-state index in [1.54, 1.807) is 18.0 Å². The lowest BCUT2D eigenvalue weighted by molar-refractivity contribution is -0.147. The topological polar surface area (TPSA) is 51.5 Å². The number of hydrogen-bond donors (Lipinski definition) is 0. The van der Waals surface area contributed by atoms with Gasteiger partial charge in [0, 0.05) is 37.1 Å². The standard InChI is InChI=1S/C23H28N2O3/c1-16-5-7-19(8-6-16)14-24(4)22(26)15-28-23(27)12-9-20-13-17(2)25(18(20)3)21-10-11-21/h5-9,12-13,21H,10-11,14-15H2,1-4H3/b12-9+. The highest BCUT2D eigenvalue weighted by molar-refractivity contribution is 5.89. The van der Waals surface area contributed by atoms with Crippen LogP contribution in [0.25, 0.3) is 6.08 Å². The second-order valence-corrected chi connectivity index (χ2v) is 7.60. The minimum Gasteiger partial charge on any atom is -0.452 e. The molecule has 1 aliphatic rings. The molecular weight excluding hydrogens is 352 g/mol. The first-order valence-corrected chi connectivity index (χ1v) is 9.68. The molecule has 0 spiro atoms. The summed E-state index contributed by atoms with van der Waals surface area (Å²) in [5.41, 5.74) is 5.61. The van der Waals surface area contributed by atoms with Crippen molar-refractivity contribution in [1.29, 1.82) is 0 Å². The summed E-state index contributed by atoms with van der Waals surface area (Å²) in [7, 11) is 1.71. The number of aromatic nitrogens is 1. The Morgan fingerprint density at radius 1 is 1.18 bits per heavy atom. The van der Waals surface area contributed by atoms with Gasteiger partial charge in [-0.2, -0.15) is 0 Å². The number of esters is 1. The molecule has 5 heteroatoms. The molecule has 1 saturated carbocycles. The molecule has 1 fully saturated rings. The molecule has 1 heterocycles. The number of likely N-dealkylation sites (N-methyl/N-ethyl adjacent to an activating group) is 1. The van der Waals surface area contributed by atoms with Crippen LogP contribution in [0.2, 0.25) is 0 Å².